The number of nitrogens with zero attached hydrogens (tertiary/aromatic N) is 2. The summed E-state index contributed by atoms with van der Waals surface area (Å²) in [6.07, 6.45) is -1.79. The van der Waals surface area contributed by atoms with Crippen LogP contribution in [0.3, 0.4) is 0 Å². The zero-order valence-corrected chi connectivity index (χ0v) is 13.6. The molecule has 1 aromatic carbocycles. The van der Waals surface area contributed by atoms with Crippen molar-refractivity contribution in [1.29, 1.82) is 0 Å². The number of aliphatic imine (C=N–C) groups is 1. The zero-order valence-electron chi connectivity index (χ0n) is 12.8. The topological polar surface area (TPSA) is 45.1 Å². The average molecular weight is 359 g/mol. The number of hydroxylamine groups is 2. The Morgan fingerprint density at radius 3 is 2.67 bits per heavy atom. The second kappa shape index (κ2) is 5.61. The van der Waals surface area contributed by atoms with Crippen LogP contribution in [0.1, 0.15) is 19.4 Å². The Morgan fingerprint density at radius 2 is 2.04 bits per heavy atom. The summed E-state index contributed by atoms with van der Waals surface area (Å²) in [5.74, 6) is -0.231. The molecule has 1 aromatic rings. The molecule has 128 valence electrons. The quantitative estimate of drug-likeness (QED) is 0.832. The van der Waals surface area contributed by atoms with E-state index in [-0.39, 0.29) is 27.7 Å². The number of rotatable bonds is 2. The van der Waals surface area contributed by atoms with E-state index in [0.717, 1.165) is 0 Å². The Balaban J connectivity index is 2.39. The molecular formula is C16H14ClF3N2O2. The van der Waals surface area contributed by atoms with Crippen molar-refractivity contribution in [2.45, 2.75) is 31.7 Å². The van der Waals surface area contributed by atoms with Gasteiger partial charge in [0.1, 0.15) is 0 Å². The molecule has 1 atom stereocenters. The first kappa shape index (κ1) is 17.0. The van der Waals surface area contributed by atoms with Gasteiger partial charge >= 0.3 is 6.18 Å². The van der Waals surface area contributed by atoms with Gasteiger partial charge in [-0.05, 0) is 38.1 Å². The highest BCUT2D eigenvalue weighted by molar-refractivity contribution is 6.30. The third-order valence-electron chi connectivity index (χ3n) is 3.70. The monoisotopic (exact) mass is 358 g/mol. The smallest absolute Gasteiger partial charge is 0.354 e. The molecule has 1 N–H and O–H groups in total. The summed E-state index contributed by atoms with van der Waals surface area (Å²) in [4.78, 5) is 4.14. The number of fused-ring (bicyclic) bond motifs is 2. The van der Waals surface area contributed by atoms with Crippen molar-refractivity contribution in [1.82, 2.24) is 5.06 Å². The first-order valence-corrected chi connectivity index (χ1v) is 7.55. The lowest BCUT2D eigenvalue weighted by Gasteiger charge is -2.43. The normalized spacial score (nSPS) is 22.9. The van der Waals surface area contributed by atoms with Gasteiger partial charge in [0, 0.05) is 22.4 Å². The number of hydrogen-bond acceptors (Lipinski definition) is 4. The molecule has 24 heavy (non-hydrogen) atoms. The Kier molecular flexibility index (Phi) is 3.98. The number of benzene rings is 1. The molecule has 2 aliphatic rings. The van der Waals surface area contributed by atoms with E-state index in [2.05, 4.69) is 4.99 Å². The summed E-state index contributed by atoms with van der Waals surface area (Å²) in [5, 5.41) is 10.6. The van der Waals surface area contributed by atoms with Gasteiger partial charge in [-0.3, -0.25) is 5.21 Å². The van der Waals surface area contributed by atoms with Crippen LogP contribution in [-0.4, -0.2) is 28.4 Å². The lowest BCUT2D eigenvalue weighted by Crippen LogP contribution is -2.53. The second-order valence-corrected chi connectivity index (χ2v) is 6.15. The number of ether oxygens (including phenoxy) is 1. The lowest BCUT2D eigenvalue weighted by atomic mass is 9.80. The molecule has 1 unspecified atom stereocenters. The first-order chi connectivity index (χ1) is 11.2. The van der Waals surface area contributed by atoms with Crippen LogP contribution in [0.25, 0.3) is 0 Å². The van der Waals surface area contributed by atoms with Gasteiger partial charge < -0.3 is 4.74 Å². The van der Waals surface area contributed by atoms with E-state index in [1.165, 1.54) is 50.4 Å². The molecule has 4 nitrogen and oxygen atoms in total. The fourth-order valence-electron chi connectivity index (χ4n) is 2.88. The minimum Gasteiger partial charge on any atom is -0.354 e. The summed E-state index contributed by atoms with van der Waals surface area (Å²) >= 11 is 5.93. The van der Waals surface area contributed by atoms with E-state index < -0.39 is 17.9 Å². The van der Waals surface area contributed by atoms with Crippen LogP contribution < -0.4 is 0 Å². The van der Waals surface area contributed by atoms with Gasteiger partial charge in [0.05, 0.1) is 11.8 Å². The van der Waals surface area contributed by atoms with E-state index in [4.69, 9.17) is 16.3 Å². The van der Waals surface area contributed by atoms with Gasteiger partial charge in [-0.2, -0.15) is 13.2 Å². The minimum atomic E-state index is -4.80. The van der Waals surface area contributed by atoms with Gasteiger partial charge in [0.2, 0.25) is 5.60 Å². The van der Waals surface area contributed by atoms with E-state index in [1.807, 2.05) is 0 Å². The standard InChI is InChI=1S/C16H14ClF3N2O2/c1-9(2)24-15(16(18,19)20)11-4-3-7-22(23)14(11)21-13-6-5-10(17)8-12(13)15/h3-9,23H,1-2H3. The number of halogens is 4. The van der Waals surface area contributed by atoms with Gasteiger partial charge in [0.25, 0.3) is 0 Å². The minimum absolute atomic E-state index is 0.0406. The Hall–Kier alpha value is -1.83. The maximum absolute atomic E-state index is 14.3. The summed E-state index contributed by atoms with van der Waals surface area (Å²) in [6, 6.07) is 4.02. The molecule has 0 amide bonds. The second-order valence-electron chi connectivity index (χ2n) is 5.71. The van der Waals surface area contributed by atoms with Crippen LogP contribution in [-0.2, 0) is 10.3 Å². The average Bonchev–Trinajstić information content (AvgIpc) is 2.47. The summed E-state index contributed by atoms with van der Waals surface area (Å²) in [5.41, 5.74) is -3.22. The van der Waals surface area contributed by atoms with Crippen LogP contribution in [0.2, 0.25) is 5.02 Å². The molecule has 8 heteroatoms. The van der Waals surface area contributed by atoms with Gasteiger partial charge in [-0.1, -0.05) is 17.7 Å². The predicted octanol–water partition coefficient (Wildman–Crippen LogP) is 4.71. The van der Waals surface area contributed by atoms with Crippen LogP contribution in [0, 0.1) is 0 Å². The fourth-order valence-corrected chi connectivity index (χ4v) is 3.05. The maximum atomic E-state index is 14.3. The molecule has 0 spiro atoms. The lowest BCUT2D eigenvalue weighted by molar-refractivity contribution is -0.277. The van der Waals surface area contributed by atoms with E-state index in [1.54, 1.807) is 0 Å². The van der Waals surface area contributed by atoms with Crippen molar-refractivity contribution in [3.05, 3.63) is 52.7 Å². The number of amidine groups is 1. The summed E-state index contributed by atoms with van der Waals surface area (Å²) in [6.45, 7) is 3.03. The molecule has 2 aliphatic heterocycles. The Bertz CT molecular complexity index is 771. The Labute approximate surface area is 141 Å². The van der Waals surface area contributed by atoms with Gasteiger partial charge in [-0.15, -0.1) is 0 Å². The molecule has 0 aliphatic carbocycles. The molecule has 0 bridgehead atoms. The number of allylic oxidation sites excluding steroid dienone is 2. The SMILES string of the molecule is CC(C)OC1(C(F)(F)F)C2=CC=CN(O)C2=Nc2ccc(Cl)cc21. The van der Waals surface area contributed by atoms with E-state index >= 15 is 0 Å². The molecule has 0 fully saturated rings. The van der Waals surface area contributed by atoms with Crippen LogP contribution in [0.4, 0.5) is 18.9 Å². The van der Waals surface area contributed by atoms with Crippen LogP contribution >= 0.6 is 11.6 Å². The predicted molar refractivity (Wildman–Crippen MR) is 83.3 cm³/mol. The molecule has 2 heterocycles. The highest BCUT2D eigenvalue weighted by Gasteiger charge is 2.64. The Morgan fingerprint density at radius 1 is 1.33 bits per heavy atom. The molecule has 0 aromatic heterocycles. The van der Waals surface area contributed by atoms with Crippen molar-refractivity contribution in [3.63, 3.8) is 0 Å². The summed E-state index contributed by atoms with van der Waals surface area (Å²) < 4.78 is 48.3. The molecule has 0 saturated carbocycles. The highest BCUT2D eigenvalue weighted by Crippen LogP contribution is 2.54. The third kappa shape index (κ3) is 2.44. The molecule has 3 rings (SSSR count). The molecule has 0 saturated heterocycles. The van der Waals surface area contributed by atoms with Gasteiger partial charge in [-0.25, -0.2) is 10.1 Å². The van der Waals surface area contributed by atoms with Crippen molar-refractivity contribution in [2.75, 3.05) is 0 Å². The van der Waals surface area contributed by atoms with E-state index in [9.17, 15) is 18.4 Å². The number of alkyl halides is 3. The largest absolute Gasteiger partial charge is 0.426 e. The first-order valence-electron chi connectivity index (χ1n) is 7.17. The highest BCUT2D eigenvalue weighted by atomic mass is 35.5. The van der Waals surface area contributed by atoms with Crippen molar-refractivity contribution in [3.8, 4) is 0 Å². The fraction of sp³-hybridized carbons (Fsp3) is 0.312. The van der Waals surface area contributed by atoms with Crippen molar-refractivity contribution >= 4 is 23.1 Å². The third-order valence-corrected chi connectivity index (χ3v) is 3.94. The van der Waals surface area contributed by atoms with Crippen LogP contribution in [0.15, 0.2) is 47.1 Å². The van der Waals surface area contributed by atoms with Crippen LogP contribution in [0.5, 0.6) is 0 Å². The van der Waals surface area contributed by atoms with Crippen molar-refractivity contribution < 1.29 is 23.1 Å². The van der Waals surface area contributed by atoms with Gasteiger partial charge in [0.15, 0.2) is 5.84 Å². The molecule has 0 radical (unpaired) electrons. The zero-order chi connectivity index (χ0) is 17.7. The number of hydrogen-bond donors (Lipinski definition) is 1. The maximum Gasteiger partial charge on any atom is 0.426 e. The van der Waals surface area contributed by atoms with Crippen molar-refractivity contribution in [2.24, 2.45) is 4.99 Å². The molecular weight excluding hydrogens is 345 g/mol. The summed E-state index contributed by atoms with van der Waals surface area (Å²) in [7, 11) is 0. The van der Waals surface area contributed by atoms with E-state index in [0.29, 0.717) is 5.06 Å².